The molecule has 5 atom stereocenters. The van der Waals surface area contributed by atoms with Crippen molar-refractivity contribution in [2.24, 2.45) is 35.5 Å². The fourth-order valence-electron chi connectivity index (χ4n) is 4.38. The number of hydrogen-bond acceptors (Lipinski definition) is 0. The van der Waals surface area contributed by atoms with Crippen LogP contribution in [0.1, 0.15) is 92.9 Å². The van der Waals surface area contributed by atoms with E-state index in [4.69, 9.17) is 0 Å². The highest BCUT2D eigenvalue weighted by Gasteiger charge is 2.43. The standard InChI is InChI=1S/C20H40/c1-7-18(16(5)12-9-11-15(3)4)13-10-14-20-17(6)19(20)8-2/h15-20H,7-14H2,1-6H3. The highest BCUT2D eigenvalue weighted by molar-refractivity contribution is 4.92. The van der Waals surface area contributed by atoms with Crippen LogP contribution in [-0.2, 0) is 0 Å². The van der Waals surface area contributed by atoms with Crippen LogP contribution in [-0.4, -0.2) is 0 Å². The first-order valence-electron chi connectivity index (χ1n) is 9.51. The van der Waals surface area contributed by atoms with Gasteiger partial charge in [-0.1, -0.05) is 86.5 Å². The topological polar surface area (TPSA) is 0 Å². The molecule has 0 radical (unpaired) electrons. The van der Waals surface area contributed by atoms with Gasteiger partial charge in [0.2, 0.25) is 0 Å². The first-order chi connectivity index (χ1) is 9.51. The summed E-state index contributed by atoms with van der Waals surface area (Å²) in [5.41, 5.74) is 0. The minimum atomic E-state index is 0.879. The molecule has 0 aromatic heterocycles. The van der Waals surface area contributed by atoms with Crippen molar-refractivity contribution in [3.8, 4) is 0 Å². The summed E-state index contributed by atoms with van der Waals surface area (Å²) in [6.45, 7) is 14.4. The van der Waals surface area contributed by atoms with Crippen LogP contribution < -0.4 is 0 Å². The van der Waals surface area contributed by atoms with E-state index in [1.165, 1.54) is 51.4 Å². The fourth-order valence-corrected chi connectivity index (χ4v) is 4.38. The minimum absolute atomic E-state index is 0.879. The van der Waals surface area contributed by atoms with Crippen LogP contribution in [0.2, 0.25) is 0 Å². The molecule has 20 heavy (non-hydrogen) atoms. The average molecular weight is 281 g/mol. The maximum atomic E-state index is 2.50. The molecule has 1 fully saturated rings. The van der Waals surface area contributed by atoms with Crippen molar-refractivity contribution in [1.29, 1.82) is 0 Å². The third-order valence-electron chi connectivity index (χ3n) is 6.11. The van der Waals surface area contributed by atoms with Crippen LogP contribution >= 0.6 is 0 Å². The zero-order valence-electron chi connectivity index (χ0n) is 15.1. The van der Waals surface area contributed by atoms with Crippen LogP contribution in [0.25, 0.3) is 0 Å². The average Bonchev–Trinajstić information content (AvgIpc) is 3.03. The lowest BCUT2D eigenvalue weighted by atomic mass is 9.83. The van der Waals surface area contributed by atoms with Crippen LogP contribution in [0.4, 0.5) is 0 Å². The molecule has 0 nitrogen and oxygen atoms in total. The van der Waals surface area contributed by atoms with E-state index in [9.17, 15) is 0 Å². The second-order valence-electron chi connectivity index (χ2n) is 8.00. The van der Waals surface area contributed by atoms with Gasteiger partial charge >= 0.3 is 0 Å². The molecule has 0 spiro atoms. The van der Waals surface area contributed by atoms with Crippen LogP contribution in [0.3, 0.4) is 0 Å². The third-order valence-corrected chi connectivity index (χ3v) is 6.11. The van der Waals surface area contributed by atoms with Gasteiger partial charge < -0.3 is 0 Å². The quantitative estimate of drug-likeness (QED) is 0.384. The van der Waals surface area contributed by atoms with E-state index in [0.29, 0.717) is 0 Å². The first-order valence-corrected chi connectivity index (χ1v) is 9.51. The molecule has 0 heteroatoms. The maximum absolute atomic E-state index is 2.50. The van der Waals surface area contributed by atoms with E-state index < -0.39 is 0 Å². The van der Waals surface area contributed by atoms with Gasteiger partial charge in [0.15, 0.2) is 0 Å². The van der Waals surface area contributed by atoms with E-state index >= 15 is 0 Å². The smallest absolute Gasteiger partial charge is 0.0355 e. The van der Waals surface area contributed by atoms with Crippen LogP contribution in [0, 0.1) is 35.5 Å². The number of rotatable bonds is 11. The highest BCUT2D eigenvalue weighted by atomic mass is 14.5. The molecule has 0 aliphatic heterocycles. The van der Waals surface area contributed by atoms with E-state index in [0.717, 1.165) is 35.5 Å². The van der Waals surface area contributed by atoms with E-state index in [-0.39, 0.29) is 0 Å². The van der Waals surface area contributed by atoms with Crippen molar-refractivity contribution in [2.75, 3.05) is 0 Å². The molecule has 0 amide bonds. The minimum Gasteiger partial charge on any atom is -0.0651 e. The van der Waals surface area contributed by atoms with Gasteiger partial charge in [-0.2, -0.15) is 0 Å². The summed E-state index contributed by atoms with van der Waals surface area (Å²) in [6, 6.07) is 0. The molecule has 0 N–H and O–H groups in total. The molecule has 1 rings (SSSR count). The predicted molar refractivity (Wildman–Crippen MR) is 91.9 cm³/mol. The lowest BCUT2D eigenvalue weighted by Crippen LogP contribution is -2.11. The summed E-state index contributed by atoms with van der Waals surface area (Å²) < 4.78 is 0. The molecule has 5 unspecified atom stereocenters. The Morgan fingerprint density at radius 3 is 2.05 bits per heavy atom. The van der Waals surface area contributed by atoms with Crippen molar-refractivity contribution in [1.82, 2.24) is 0 Å². The highest BCUT2D eigenvalue weighted by Crippen LogP contribution is 2.51. The van der Waals surface area contributed by atoms with Gasteiger partial charge in [0.05, 0.1) is 0 Å². The third kappa shape index (κ3) is 5.78. The number of hydrogen-bond donors (Lipinski definition) is 0. The molecule has 0 aromatic rings. The Hall–Kier alpha value is 0. The van der Waals surface area contributed by atoms with Crippen molar-refractivity contribution < 1.29 is 0 Å². The Balaban J connectivity index is 2.15. The van der Waals surface area contributed by atoms with Crippen molar-refractivity contribution in [3.05, 3.63) is 0 Å². The second-order valence-corrected chi connectivity index (χ2v) is 8.00. The Kier molecular flexibility index (Phi) is 8.22. The summed E-state index contributed by atoms with van der Waals surface area (Å²) in [5.74, 6) is 5.98. The second kappa shape index (κ2) is 9.11. The fraction of sp³-hybridized carbons (Fsp3) is 1.00. The van der Waals surface area contributed by atoms with E-state index in [1.807, 2.05) is 0 Å². The maximum Gasteiger partial charge on any atom is -0.0355 e. The zero-order valence-corrected chi connectivity index (χ0v) is 15.1. The Morgan fingerprint density at radius 1 is 0.850 bits per heavy atom. The van der Waals surface area contributed by atoms with Gasteiger partial charge in [0.25, 0.3) is 0 Å². The van der Waals surface area contributed by atoms with Crippen LogP contribution in [0.15, 0.2) is 0 Å². The molecule has 0 heterocycles. The Morgan fingerprint density at radius 2 is 1.55 bits per heavy atom. The summed E-state index contributed by atoms with van der Waals surface area (Å²) in [6.07, 6.45) is 11.6. The molecule has 1 saturated carbocycles. The lowest BCUT2D eigenvalue weighted by Gasteiger charge is -2.23. The van der Waals surface area contributed by atoms with Gasteiger partial charge in [-0.3, -0.25) is 0 Å². The van der Waals surface area contributed by atoms with E-state index in [1.54, 1.807) is 0 Å². The van der Waals surface area contributed by atoms with Crippen molar-refractivity contribution in [2.45, 2.75) is 92.9 Å². The van der Waals surface area contributed by atoms with Crippen molar-refractivity contribution in [3.63, 3.8) is 0 Å². The first kappa shape index (κ1) is 18.1. The van der Waals surface area contributed by atoms with Gasteiger partial charge in [0, 0.05) is 0 Å². The van der Waals surface area contributed by atoms with Gasteiger partial charge in [-0.15, -0.1) is 0 Å². The largest absolute Gasteiger partial charge is 0.0651 e. The normalized spacial score (nSPS) is 28.6. The molecule has 1 aliphatic carbocycles. The summed E-state index contributed by atoms with van der Waals surface area (Å²) in [4.78, 5) is 0. The molecule has 1 aliphatic rings. The molecular formula is C20H40. The van der Waals surface area contributed by atoms with E-state index in [2.05, 4.69) is 41.5 Å². The predicted octanol–water partition coefficient (Wildman–Crippen LogP) is 6.94. The summed E-state index contributed by atoms with van der Waals surface area (Å²) in [5, 5.41) is 0. The van der Waals surface area contributed by atoms with Gasteiger partial charge in [-0.05, 0) is 41.9 Å². The molecular weight excluding hydrogens is 240 g/mol. The summed E-state index contributed by atoms with van der Waals surface area (Å²) in [7, 11) is 0. The molecule has 120 valence electrons. The summed E-state index contributed by atoms with van der Waals surface area (Å²) >= 11 is 0. The molecule has 0 aromatic carbocycles. The zero-order chi connectivity index (χ0) is 15.1. The van der Waals surface area contributed by atoms with Gasteiger partial charge in [-0.25, -0.2) is 0 Å². The van der Waals surface area contributed by atoms with Crippen molar-refractivity contribution >= 4 is 0 Å². The lowest BCUT2D eigenvalue weighted by molar-refractivity contribution is 0.286. The van der Waals surface area contributed by atoms with Gasteiger partial charge in [0.1, 0.15) is 0 Å². The monoisotopic (exact) mass is 280 g/mol. The Labute approximate surface area is 129 Å². The molecule has 0 saturated heterocycles. The van der Waals surface area contributed by atoms with Crippen LogP contribution in [0.5, 0.6) is 0 Å². The Bertz CT molecular complexity index is 242. The molecule has 0 bridgehead atoms. The SMILES string of the molecule is CCC(CCCC1C(C)C1CC)C(C)CCCC(C)C.